The van der Waals surface area contributed by atoms with E-state index in [0.717, 1.165) is 11.4 Å². The molecular weight excluding hydrogens is 533 g/mol. The van der Waals surface area contributed by atoms with Crippen LogP contribution >= 0.6 is 0 Å². The molecule has 6 heteroatoms. The summed E-state index contributed by atoms with van der Waals surface area (Å²) in [4.78, 5) is 8.02. The summed E-state index contributed by atoms with van der Waals surface area (Å²) in [6.07, 6.45) is 5.49. The van der Waals surface area contributed by atoms with Gasteiger partial charge in [0.15, 0.2) is 0 Å². The number of nitrogens with zero attached hydrogens (tertiary/aromatic N) is 2. The highest BCUT2D eigenvalue weighted by Gasteiger charge is 1.93. The van der Waals surface area contributed by atoms with Gasteiger partial charge in [-0.15, -0.1) is 0 Å². The van der Waals surface area contributed by atoms with Gasteiger partial charge in [-0.25, -0.2) is 0 Å². The first kappa shape index (κ1) is 78.2. The summed E-state index contributed by atoms with van der Waals surface area (Å²) in [6, 6.07) is 12.1. The Morgan fingerprint density at radius 1 is 0.477 bits per heavy atom. The van der Waals surface area contributed by atoms with Crippen LogP contribution in [0.5, 0.6) is 5.75 Å². The fourth-order valence-corrected chi connectivity index (χ4v) is 1.95. The van der Waals surface area contributed by atoms with Crippen molar-refractivity contribution in [3.8, 4) is 5.75 Å². The van der Waals surface area contributed by atoms with Crippen molar-refractivity contribution in [2.45, 2.75) is 147 Å². The molecule has 0 saturated heterocycles. The van der Waals surface area contributed by atoms with E-state index in [9.17, 15) is 0 Å². The minimum Gasteiger partial charge on any atom is -0.497 e. The lowest BCUT2D eigenvalue weighted by molar-refractivity contribution is 0.414. The van der Waals surface area contributed by atoms with Crippen molar-refractivity contribution in [3.05, 3.63) is 88.5 Å². The summed E-state index contributed by atoms with van der Waals surface area (Å²) in [5, 5.41) is 0. The van der Waals surface area contributed by atoms with E-state index >= 15 is 0 Å². The van der Waals surface area contributed by atoms with Crippen LogP contribution in [0.2, 0.25) is 0 Å². The third-order valence-electron chi connectivity index (χ3n) is 4.29. The van der Waals surface area contributed by atoms with Gasteiger partial charge in [0.05, 0.1) is 7.11 Å². The second kappa shape index (κ2) is 67.9. The molecule has 0 atom stereocenters. The zero-order chi connectivity index (χ0) is 31.5. The normalized spacial score (nSPS) is 6.34. The number of pyridine rings is 2. The van der Waals surface area contributed by atoms with Crippen molar-refractivity contribution in [2.75, 3.05) is 7.11 Å². The zero-order valence-corrected chi connectivity index (χ0v) is 30.7. The highest BCUT2D eigenvalue weighted by molar-refractivity contribution is 5.76. The van der Waals surface area contributed by atoms with Crippen LogP contribution in [0.4, 0.5) is 0 Å². The number of methoxy groups -OCH3 is 1. The van der Waals surface area contributed by atoms with Crippen LogP contribution in [-0.2, 0) is 0 Å². The Bertz CT molecular complexity index is 745. The van der Waals surface area contributed by atoms with E-state index in [2.05, 4.69) is 56.7 Å². The van der Waals surface area contributed by atoms with Crippen molar-refractivity contribution in [1.29, 1.82) is 0 Å². The highest BCUT2D eigenvalue weighted by Crippen LogP contribution is 2.15. The minimum atomic E-state index is 0. The molecule has 3 nitrogen and oxygen atoms in total. The first-order valence-electron chi connectivity index (χ1n) is 14.7. The number of aromatic nitrogens is 2. The molecule has 0 spiro atoms. The van der Waals surface area contributed by atoms with Gasteiger partial charge in [-0.05, 0) is 93.6 Å². The molecule has 3 aromatic rings. The molecule has 0 N–H and O–H groups in total. The summed E-state index contributed by atoms with van der Waals surface area (Å²) in [5.74, 6) is 0.933. The number of rotatable bonds is 1. The Balaban J connectivity index is -0.0000000282. The van der Waals surface area contributed by atoms with Crippen molar-refractivity contribution in [1.82, 2.24) is 9.97 Å². The molecule has 0 aliphatic heterocycles. The predicted molar refractivity (Wildman–Crippen MR) is 215 cm³/mol. The predicted octanol–water partition coefficient (Wildman–Crippen LogP) is 12.6. The monoisotopic (exact) mass is 612 g/mol. The maximum atomic E-state index is 5.05. The topological polar surface area (TPSA) is 35.0 Å². The maximum absolute atomic E-state index is 5.05. The van der Waals surface area contributed by atoms with Gasteiger partial charge in [-0.1, -0.05) is 117 Å². The fourth-order valence-electron chi connectivity index (χ4n) is 1.95. The maximum Gasteiger partial charge on any atom is 0.119 e. The third-order valence-corrected chi connectivity index (χ3v) is 4.29. The Hall–Kier alpha value is -2.49. The van der Waals surface area contributed by atoms with Crippen molar-refractivity contribution >= 4 is 25.2 Å². The van der Waals surface area contributed by atoms with Crippen LogP contribution in [-0.4, -0.2) is 42.3 Å². The van der Waals surface area contributed by atoms with E-state index in [-0.39, 0.29) is 47.5 Å². The number of hydrogen-bond acceptors (Lipinski definition) is 3. The largest absolute Gasteiger partial charge is 0.497 e. The molecule has 0 amide bonds. The van der Waals surface area contributed by atoms with Crippen LogP contribution in [0.1, 0.15) is 139 Å². The molecule has 0 aliphatic rings. The second-order valence-corrected chi connectivity index (χ2v) is 6.32. The van der Waals surface area contributed by atoms with Gasteiger partial charge >= 0.3 is 0 Å². The van der Waals surface area contributed by atoms with Crippen molar-refractivity contribution in [2.24, 2.45) is 0 Å². The van der Waals surface area contributed by atoms with Gasteiger partial charge in [0.1, 0.15) is 5.75 Å². The van der Waals surface area contributed by atoms with Crippen LogP contribution < -0.4 is 4.74 Å². The molecule has 2 aromatic heterocycles. The first-order chi connectivity index (χ1) is 18.3. The smallest absolute Gasteiger partial charge is 0.119 e. The van der Waals surface area contributed by atoms with E-state index in [1.54, 1.807) is 7.11 Å². The Kier molecular flexibility index (Phi) is 121. The van der Waals surface area contributed by atoms with Crippen molar-refractivity contribution < 1.29 is 4.74 Å². The number of ether oxygens (including phenoxy) is 1. The molecule has 0 bridgehead atoms. The van der Waals surface area contributed by atoms with Gasteiger partial charge in [-0.2, -0.15) is 0 Å². The van der Waals surface area contributed by atoms with E-state index in [0.29, 0.717) is 0 Å². The summed E-state index contributed by atoms with van der Waals surface area (Å²) >= 11 is 0. The van der Waals surface area contributed by atoms with Gasteiger partial charge in [0.2, 0.25) is 0 Å². The quantitative estimate of drug-likeness (QED) is 0.257. The molecule has 255 valence electrons. The lowest BCUT2D eigenvalue weighted by atomic mass is 10.1. The van der Waals surface area contributed by atoms with E-state index in [1.807, 2.05) is 133 Å². The fraction of sp³-hybridized carbons (Fsp3) is 0.579. The Labute approximate surface area is 287 Å². The number of hydrogen-bond donors (Lipinski definition) is 0. The second-order valence-electron chi connectivity index (χ2n) is 6.32. The number of benzene rings is 1. The van der Waals surface area contributed by atoms with Gasteiger partial charge in [-0.3, -0.25) is 9.97 Å². The van der Waals surface area contributed by atoms with E-state index in [4.69, 9.17) is 4.74 Å². The zero-order valence-electron chi connectivity index (χ0n) is 30.7. The number of aryl methyl sites for hydroxylation is 6. The van der Waals surface area contributed by atoms with Crippen LogP contribution in [0, 0.1) is 41.5 Å². The SMILES string of the molecule is C.C.C.CC.CC.CC.CC.CC.CC.COc1ccc(C)c(C)c1.Cc1cccnc1C.Cc1ccncc1C.[B].[B].[B]. The van der Waals surface area contributed by atoms with Gasteiger partial charge < -0.3 is 4.74 Å². The highest BCUT2D eigenvalue weighted by atomic mass is 16.5. The molecule has 0 fully saturated rings. The Morgan fingerprint density at radius 2 is 0.886 bits per heavy atom. The molecule has 0 unspecified atom stereocenters. The average molecular weight is 611 g/mol. The summed E-state index contributed by atoms with van der Waals surface area (Å²) < 4.78 is 5.05. The Morgan fingerprint density at radius 3 is 1.14 bits per heavy atom. The standard InChI is InChI=1S/C9H12O.2C7H9N.6C2H6.3CH4.3B/c1-7-4-5-9(10-3)6-8(7)2;1-6-3-4-8-5-7(6)2;1-6-4-3-5-8-7(6)2;6*1-2;;;;;;/h4-6H,1-3H3;2*3-5H,1-2H3;6*1-2H3;3*1H4;;;. The molecule has 0 aliphatic carbocycles. The summed E-state index contributed by atoms with van der Waals surface area (Å²) in [6.45, 7) is 36.4. The first-order valence-corrected chi connectivity index (χ1v) is 14.7. The molecular formula is C38H78B3N2O. The van der Waals surface area contributed by atoms with Gasteiger partial charge in [0.25, 0.3) is 0 Å². The molecule has 0 saturated carbocycles. The van der Waals surface area contributed by atoms with E-state index in [1.165, 1.54) is 27.8 Å². The molecule has 3 rings (SSSR count). The molecule has 44 heavy (non-hydrogen) atoms. The molecule has 1 aromatic carbocycles. The van der Waals surface area contributed by atoms with Crippen LogP contribution in [0.3, 0.4) is 0 Å². The lowest BCUT2D eigenvalue weighted by Gasteiger charge is -2.02. The average Bonchev–Trinajstić information content (AvgIpc) is 3.00. The van der Waals surface area contributed by atoms with Crippen LogP contribution in [0.25, 0.3) is 0 Å². The summed E-state index contributed by atoms with van der Waals surface area (Å²) in [5.41, 5.74) is 7.52. The summed E-state index contributed by atoms with van der Waals surface area (Å²) in [7, 11) is 1.68. The molecule has 2 heterocycles. The van der Waals surface area contributed by atoms with E-state index < -0.39 is 0 Å². The van der Waals surface area contributed by atoms with Crippen LogP contribution in [0.15, 0.2) is 55.0 Å². The van der Waals surface area contributed by atoms with Crippen molar-refractivity contribution in [3.63, 3.8) is 0 Å². The third kappa shape index (κ3) is 49.2. The lowest BCUT2D eigenvalue weighted by Crippen LogP contribution is -1.85. The molecule has 9 radical (unpaired) electrons. The van der Waals surface area contributed by atoms with Gasteiger partial charge in [0, 0.05) is 49.5 Å². The minimum absolute atomic E-state index is 0.